The van der Waals surface area contributed by atoms with Crippen LogP contribution in [0.4, 0.5) is 0 Å². The van der Waals surface area contributed by atoms with Gasteiger partial charge in [-0.1, -0.05) is 30.3 Å². The van der Waals surface area contributed by atoms with Crippen molar-refractivity contribution < 1.29 is 9.47 Å². The monoisotopic (exact) mass is 275 g/mol. The Morgan fingerprint density at radius 1 is 1.00 bits per heavy atom. The third-order valence-electron chi connectivity index (χ3n) is 4.30. The maximum Gasteiger partial charge on any atom is 0.145 e. The highest BCUT2D eigenvalue weighted by Crippen LogP contribution is 2.39. The summed E-state index contributed by atoms with van der Waals surface area (Å²) < 4.78 is 11.2. The summed E-state index contributed by atoms with van der Waals surface area (Å²) in [5.41, 5.74) is 4.69. The highest BCUT2D eigenvalue weighted by atomic mass is 16.5. The number of allylic oxidation sites excluding steroid dienone is 2. The van der Waals surface area contributed by atoms with Crippen LogP contribution >= 0.6 is 0 Å². The van der Waals surface area contributed by atoms with Crippen LogP contribution in [-0.2, 0) is 16.1 Å². The van der Waals surface area contributed by atoms with Crippen molar-refractivity contribution >= 4 is 27.2 Å². The first-order valence-corrected chi connectivity index (χ1v) is 7.08. The summed E-state index contributed by atoms with van der Waals surface area (Å²) in [4.78, 5) is 3.56. The SMILES string of the molecule is C1=CC2=C(CO1)OCc1c2[nH]c2ccc3ccccc3c12. The van der Waals surface area contributed by atoms with E-state index < -0.39 is 0 Å². The van der Waals surface area contributed by atoms with Crippen molar-refractivity contribution in [3.05, 3.63) is 65.8 Å². The van der Waals surface area contributed by atoms with E-state index in [1.807, 2.05) is 6.08 Å². The fourth-order valence-corrected chi connectivity index (χ4v) is 3.32. The maximum absolute atomic E-state index is 5.91. The fraction of sp³-hybridized carbons (Fsp3) is 0.111. The number of nitrogens with one attached hydrogen (secondary N) is 1. The van der Waals surface area contributed by atoms with Gasteiger partial charge >= 0.3 is 0 Å². The van der Waals surface area contributed by atoms with Crippen molar-refractivity contribution in [2.24, 2.45) is 0 Å². The minimum Gasteiger partial charge on any atom is -0.493 e. The molecule has 3 heterocycles. The van der Waals surface area contributed by atoms with Crippen molar-refractivity contribution in [1.82, 2.24) is 4.98 Å². The maximum atomic E-state index is 5.91. The molecule has 2 aromatic carbocycles. The first-order chi connectivity index (χ1) is 10.4. The van der Waals surface area contributed by atoms with Gasteiger partial charge in [-0.05, 0) is 22.9 Å². The summed E-state index contributed by atoms with van der Waals surface area (Å²) in [6.07, 6.45) is 3.72. The molecule has 3 aromatic rings. The first-order valence-electron chi connectivity index (χ1n) is 7.08. The molecule has 5 rings (SSSR count). The van der Waals surface area contributed by atoms with Crippen LogP contribution in [0.15, 0.2) is 54.5 Å². The lowest BCUT2D eigenvalue weighted by atomic mass is 9.98. The minimum atomic E-state index is 0.515. The van der Waals surface area contributed by atoms with E-state index in [1.165, 1.54) is 27.4 Å². The Kier molecular flexibility index (Phi) is 2.06. The average Bonchev–Trinajstić information content (AvgIpc) is 2.94. The second-order valence-electron chi connectivity index (χ2n) is 5.43. The predicted molar refractivity (Wildman–Crippen MR) is 82.6 cm³/mol. The Bertz CT molecular complexity index is 946. The van der Waals surface area contributed by atoms with Gasteiger partial charge in [-0.15, -0.1) is 0 Å². The van der Waals surface area contributed by atoms with Gasteiger partial charge in [-0.25, -0.2) is 0 Å². The summed E-state index contributed by atoms with van der Waals surface area (Å²) in [6.45, 7) is 1.11. The lowest BCUT2D eigenvalue weighted by molar-refractivity contribution is 0.136. The van der Waals surface area contributed by atoms with Crippen molar-refractivity contribution in [3.63, 3.8) is 0 Å². The number of hydrogen-bond donors (Lipinski definition) is 1. The number of benzene rings is 2. The number of rotatable bonds is 0. The van der Waals surface area contributed by atoms with Crippen LogP contribution in [-0.4, -0.2) is 11.6 Å². The molecule has 0 radical (unpaired) electrons. The smallest absolute Gasteiger partial charge is 0.145 e. The van der Waals surface area contributed by atoms with Gasteiger partial charge in [0.25, 0.3) is 0 Å². The molecule has 21 heavy (non-hydrogen) atoms. The van der Waals surface area contributed by atoms with Gasteiger partial charge in [0.15, 0.2) is 0 Å². The average molecular weight is 275 g/mol. The number of H-pyrrole nitrogens is 1. The van der Waals surface area contributed by atoms with E-state index in [9.17, 15) is 0 Å². The molecule has 1 N–H and O–H groups in total. The highest BCUT2D eigenvalue weighted by molar-refractivity contribution is 6.10. The van der Waals surface area contributed by atoms with Gasteiger partial charge in [-0.3, -0.25) is 0 Å². The Hall–Kier alpha value is -2.68. The Morgan fingerprint density at radius 3 is 2.95 bits per heavy atom. The molecular formula is C18H13NO2. The normalized spacial score (nSPS) is 16.6. The second kappa shape index (κ2) is 3.92. The standard InChI is InChI=1S/C18H13NO2/c1-2-4-12-11(3-1)5-6-15-17(12)14-9-21-16-10-20-8-7-13(16)18(14)19-15/h1-8,19H,9-10H2. The Morgan fingerprint density at radius 2 is 1.95 bits per heavy atom. The van der Waals surface area contributed by atoms with Gasteiger partial charge in [0, 0.05) is 22.0 Å². The lowest BCUT2D eigenvalue weighted by Gasteiger charge is -2.22. The molecule has 2 aliphatic heterocycles. The van der Waals surface area contributed by atoms with Crippen molar-refractivity contribution in [1.29, 1.82) is 0 Å². The summed E-state index contributed by atoms with van der Waals surface area (Å²) in [7, 11) is 0. The van der Waals surface area contributed by atoms with Gasteiger partial charge in [0.2, 0.25) is 0 Å². The number of hydrogen-bond acceptors (Lipinski definition) is 2. The molecule has 3 nitrogen and oxygen atoms in total. The molecule has 0 atom stereocenters. The largest absolute Gasteiger partial charge is 0.493 e. The molecular weight excluding hydrogens is 262 g/mol. The fourth-order valence-electron chi connectivity index (χ4n) is 3.32. The molecule has 102 valence electrons. The first kappa shape index (κ1) is 11.0. The van der Waals surface area contributed by atoms with Gasteiger partial charge in [-0.2, -0.15) is 0 Å². The molecule has 0 aliphatic carbocycles. The molecule has 3 heteroatoms. The zero-order chi connectivity index (χ0) is 13.8. The van der Waals surface area contributed by atoms with E-state index in [0.717, 1.165) is 16.8 Å². The quantitative estimate of drug-likeness (QED) is 0.670. The summed E-state index contributed by atoms with van der Waals surface area (Å²) in [5, 5.41) is 3.81. The van der Waals surface area contributed by atoms with Crippen LogP contribution in [0.25, 0.3) is 27.2 Å². The van der Waals surface area contributed by atoms with Crippen LogP contribution < -0.4 is 0 Å². The zero-order valence-corrected chi connectivity index (χ0v) is 11.3. The third-order valence-corrected chi connectivity index (χ3v) is 4.30. The molecule has 1 aromatic heterocycles. The van der Waals surface area contributed by atoms with Crippen LogP contribution in [0.5, 0.6) is 0 Å². The molecule has 0 bridgehead atoms. The predicted octanol–water partition coefficient (Wildman–Crippen LogP) is 4.11. The van der Waals surface area contributed by atoms with Gasteiger partial charge in [0.1, 0.15) is 19.0 Å². The second-order valence-corrected chi connectivity index (χ2v) is 5.43. The zero-order valence-electron chi connectivity index (χ0n) is 11.3. The number of aromatic amines is 1. The van der Waals surface area contributed by atoms with Gasteiger partial charge in [0.05, 0.1) is 12.0 Å². The van der Waals surface area contributed by atoms with E-state index in [0.29, 0.717) is 13.2 Å². The van der Waals surface area contributed by atoms with E-state index in [4.69, 9.17) is 9.47 Å². The van der Waals surface area contributed by atoms with Crippen molar-refractivity contribution in [2.75, 3.05) is 6.61 Å². The number of fused-ring (bicyclic) bond motifs is 6. The van der Waals surface area contributed by atoms with Crippen molar-refractivity contribution in [2.45, 2.75) is 6.61 Å². The van der Waals surface area contributed by atoms with Crippen LogP contribution in [0.3, 0.4) is 0 Å². The minimum absolute atomic E-state index is 0.515. The molecule has 0 fully saturated rings. The third kappa shape index (κ3) is 1.43. The Balaban J connectivity index is 1.90. The van der Waals surface area contributed by atoms with E-state index in [-0.39, 0.29) is 0 Å². The van der Waals surface area contributed by atoms with E-state index in [2.05, 4.69) is 41.4 Å². The lowest BCUT2D eigenvalue weighted by Crippen LogP contribution is -2.12. The molecule has 0 spiro atoms. The summed E-state index contributed by atoms with van der Waals surface area (Å²) >= 11 is 0. The van der Waals surface area contributed by atoms with Crippen LogP contribution in [0, 0.1) is 0 Å². The Labute approximate surface area is 121 Å². The molecule has 0 amide bonds. The summed E-state index contributed by atoms with van der Waals surface area (Å²) in [6, 6.07) is 12.8. The topological polar surface area (TPSA) is 34.2 Å². The van der Waals surface area contributed by atoms with Crippen molar-refractivity contribution in [3.8, 4) is 0 Å². The number of aromatic nitrogens is 1. The van der Waals surface area contributed by atoms with E-state index >= 15 is 0 Å². The molecule has 0 saturated heterocycles. The molecule has 0 saturated carbocycles. The molecule has 2 aliphatic rings. The molecule has 0 unspecified atom stereocenters. The van der Waals surface area contributed by atoms with Crippen LogP contribution in [0.1, 0.15) is 11.3 Å². The van der Waals surface area contributed by atoms with Crippen LogP contribution in [0.2, 0.25) is 0 Å². The van der Waals surface area contributed by atoms with Gasteiger partial charge < -0.3 is 14.5 Å². The van der Waals surface area contributed by atoms with E-state index in [1.54, 1.807) is 6.26 Å². The summed E-state index contributed by atoms with van der Waals surface area (Å²) in [5.74, 6) is 0.917. The highest BCUT2D eigenvalue weighted by Gasteiger charge is 2.25. The number of ether oxygens (including phenoxy) is 2.